The summed E-state index contributed by atoms with van der Waals surface area (Å²) in [7, 11) is 0. The molecule has 1 aliphatic heterocycles. The van der Waals surface area contributed by atoms with Crippen LogP contribution in [0.4, 0.5) is 0 Å². The largest absolute Gasteiger partial charge is 0.493 e. The molecule has 1 fully saturated rings. The molecule has 20 heavy (non-hydrogen) atoms. The molecular weight excluding hydrogens is 312 g/mol. The SMILES string of the molecule is BrC(c1ccc2c(c1)CCO2)C1(c2ccccc2)CC1. The highest BCUT2D eigenvalue weighted by Gasteiger charge is 2.50. The zero-order valence-corrected chi connectivity index (χ0v) is 12.9. The smallest absolute Gasteiger partial charge is 0.122 e. The van der Waals surface area contributed by atoms with Gasteiger partial charge in [0.25, 0.3) is 0 Å². The summed E-state index contributed by atoms with van der Waals surface area (Å²) in [6.07, 6.45) is 3.57. The lowest BCUT2D eigenvalue weighted by atomic mass is 9.88. The zero-order chi connectivity index (χ0) is 13.6. The lowest BCUT2D eigenvalue weighted by Gasteiger charge is -2.23. The van der Waals surface area contributed by atoms with E-state index in [1.807, 2.05) is 0 Å². The number of hydrogen-bond acceptors (Lipinski definition) is 1. The third-order valence-corrected chi connectivity index (χ3v) is 6.03. The monoisotopic (exact) mass is 328 g/mol. The number of benzene rings is 2. The Morgan fingerprint density at radius 2 is 1.85 bits per heavy atom. The van der Waals surface area contributed by atoms with Crippen molar-refractivity contribution >= 4 is 15.9 Å². The van der Waals surface area contributed by atoms with E-state index in [9.17, 15) is 0 Å². The molecule has 0 amide bonds. The Balaban J connectivity index is 1.69. The van der Waals surface area contributed by atoms with Gasteiger partial charge in [0.05, 0.1) is 6.61 Å². The first-order valence-electron chi connectivity index (χ1n) is 7.25. The molecule has 4 rings (SSSR count). The maximum Gasteiger partial charge on any atom is 0.122 e. The van der Waals surface area contributed by atoms with E-state index in [-0.39, 0.29) is 5.41 Å². The van der Waals surface area contributed by atoms with Crippen LogP contribution in [-0.4, -0.2) is 6.61 Å². The number of fused-ring (bicyclic) bond motifs is 1. The fourth-order valence-electron chi connectivity index (χ4n) is 3.28. The molecule has 2 aliphatic rings. The first-order chi connectivity index (χ1) is 9.79. The minimum absolute atomic E-state index is 0.287. The van der Waals surface area contributed by atoms with Crippen LogP contribution in [0.1, 0.15) is 34.4 Å². The average Bonchev–Trinajstić information content (AvgIpc) is 3.18. The minimum atomic E-state index is 0.287. The van der Waals surface area contributed by atoms with Crippen molar-refractivity contribution in [1.82, 2.24) is 0 Å². The fraction of sp³-hybridized carbons (Fsp3) is 0.333. The second-order valence-electron chi connectivity index (χ2n) is 5.85. The van der Waals surface area contributed by atoms with E-state index in [4.69, 9.17) is 4.74 Å². The Kier molecular flexibility index (Phi) is 2.88. The first kappa shape index (κ1) is 12.5. The molecular formula is C18H17BrO. The van der Waals surface area contributed by atoms with Crippen LogP contribution in [0.15, 0.2) is 48.5 Å². The van der Waals surface area contributed by atoms with Crippen molar-refractivity contribution in [1.29, 1.82) is 0 Å². The third kappa shape index (κ3) is 1.89. The molecule has 1 saturated carbocycles. The van der Waals surface area contributed by atoms with Gasteiger partial charge in [0.1, 0.15) is 5.75 Å². The van der Waals surface area contributed by atoms with Crippen LogP contribution in [0.25, 0.3) is 0 Å². The molecule has 1 atom stereocenters. The van der Waals surface area contributed by atoms with Crippen LogP contribution in [0.2, 0.25) is 0 Å². The van der Waals surface area contributed by atoms with Crippen molar-refractivity contribution in [3.05, 3.63) is 65.2 Å². The summed E-state index contributed by atoms with van der Waals surface area (Å²) >= 11 is 3.97. The molecule has 2 aromatic rings. The molecule has 1 aliphatic carbocycles. The highest BCUT2D eigenvalue weighted by atomic mass is 79.9. The van der Waals surface area contributed by atoms with Gasteiger partial charge in [-0.1, -0.05) is 58.4 Å². The van der Waals surface area contributed by atoms with E-state index in [1.54, 1.807) is 0 Å². The van der Waals surface area contributed by atoms with Gasteiger partial charge in [-0.2, -0.15) is 0 Å². The predicted octanol–water partition coefficient (Wildman–Crippen LogP) is 4.79. The van der Waals surface area contributed by atoms with E-state index in [1.165, 1.54) is 29.5 Å². The molecule has 2 aromatic carbocycles. The number of rotatable bonds is 3. The van der Waals surface area contributed by atoms with Crippen molar-refractivity contribution < 1.29 is 4.74 Å². The van der Waals surface area contributed by atoms with Gasteiger partial charge in [-0.25, -0.2) is 0 Å². The molecule has 0 bridgehead atoms. The van der Waals surface area contributed by atoms with Crippen molar-refractivity contribution in [2.75, 3.05) is 6.61 Å². The molecule has 1 nitrogen and oxygen atoms in total. The minimum Gasteiger partial charge on any atom is -0.493 e. The van der Waals surface area contributed by atoms with Gasteiger partial charge in [0.2, 0.25) is 0 Å². The second-order valence-corrected chi connectivity index (χ2v) is 6.77. The summed E-state index contributed by atoms with van der Waals surface area (Å²) in [5.41, 5.74) is 4.49. The Morgan fingerprint density at radius 3 is 2.60 bits per heavy atom. The van der Waals surface area contributed by atoms with Crippen molar-refractivity contribution in [2.24, 2.45) is 0 Å². The highest BCUT2D eigenvalue weighted by molar-refractivity contribution is 9.09. The average molecular weight is 329 g/mol. The zero-order valence-electron chi connectivity index (χ0n) is 11.3. The van der Waals surface area contributed by atoms with E-state index >= 15 is 0 Å². The summed E-state index contributed by atoms with van der Waals surface area (Å²) < 4.78 is 5.60. The molecule has 0 saturated heterocycles. The number of halogens is 1. The number of ether oxygens (including phenoxy) is 1. The van der Waals surface area contributed by atoms with E-state index < -0.39 is 0 Å². The van der Waals surface area contributed by atoms with Crippen LogP contribution in [0.5, 0.6) is 5.75 Å². The fourth-order valence-corrected chi connectivity index (χ4v) is 4.28. The van der Waals surface area contributed by atoms with E-state index in [0.29, 0.717) is 4.83 Å². The van der Waals surface area contributed by atoms with Gasteiger partial charge in [0, 0.05) is 16.7 Å². The van der Waals surface area contributed by atoms with Crippen LogP contribution in [0, 0.1) is 0 Å². The van der Waals surface area contributed by atoms with Crippen molar-refractivity contribution in [3.8, 4) is 5.75 Å². The third-order valence-electron chi connectivity index (χ3n) is 4.63. The van der Waals surface area contributed by atoms with Gasteiger partial charge in [-0.3, -0.25) is 0 Å². The molecule has 2 heteroatoms. The second kappa shape index (κ2) is 4.63. The standard InChI is InChI=1S/C18H17BrO/c19-17(14-6-7-16-13(12-14)8-11-20-16)18(9-10-18)15-4-2-1-3-5-15/h1-7,12,17H,8-11H2. The molecule has 102 valence electrons. The maximum atomic E-state index is 5.60. The molecule has 0 aromatic heterocycles. The van der Waals surface area contributed by atoms with Crippen LogP contribution < -0.4 is 4.74 Å². The van der Waals surface area contributed by atoms with Gasteiger partial charge in [-0.05, 0) is 35.6 Å². The summed E-state index contributed by atoms with van der Waals surface area (Å²) in [5, 5.41) is 0. The molecule has 0 spiro atoms. The summed E-state index contributed by atoms with van der Waals surface area (Å²) in [6.45, 7) is 0.829. The maximum absolute atomic E-state index is 5.60. The van der Waals surface area contributed by atoms with Crippen LogP contribution in [-0.2, 0) is 11.8 Å². The summed E-state index contributed by atoms with van der Waals surface area (Å²) in [5.74, 6) is 1.07. The Hall–Kier alpha value is -1.28. The lowest BCUT2D eigenvalue weighted by Crippen LogP contribution is -2.13. The topological polar surface area (TPSA) is 9.23 Å². The lowest BCUT2D eigenvalue weighted by molar-refractivity contribution is 0.357. The van der Waals surface area contributed by atoms with Gasteiger partial charge < -0.3 is 4.74 Å². The molecule has 0 radical (unpaired) electrons. The number of hydrogen-bond donors (Lipinski definition) is 0. The van der Waals surface area contributed by atoms with Crippen LogP contribution in [0.3, 0.4) is 0 Å². The van der Waals surface area contributed by atoms with Crippen molar-refractivity contribution in [2.45, 2.75) is 29.5 Å². The van der Waals surface area contributed by atoms with Crippen molar-refractivity contribution in [3.63, 3.8) is 0 Å². The Labute approximate surface area is 128 Å². The van der Waals surface area contributed by atoms with Gasteiger partial charge >= 0.3 is 0 Å². The molecule has 1 heterocycles. The first-order valence-corrected chi connectivity index (χ1v) is 8.16. The highest BCUT2D eigenvalue weighted by Crippen LogP contribution is 2.60. The Bertz CT molecular complexity index is 631. The predicted molar refractivity (Wildman–Crippen MR) is 84.7 cm³/mol. The van der Waals surface area contributed by atoms with Gasteiger partial charge in [0.15, 0.2) is 0 Å². The van der Waals surface area contributed by atoms with Gasteiger partial charge in [-0.15, -0.1) is 0 Å². The van der Waals surface area contributed by atoms with E-state index in [0.717, 1.165) is 18.8 Å². The summed E-state index contributed by atoms with van der Waals surface area (Å²) in [6, 6.07) is 17.6. The Morgan fingerprint density at radius 1 is 1.05 bits per heavy atom. The molecule has 1 unspecified atom stereocenters. The summed E-state index contributed by atoms with van der Waals surface area (Å²) in [4.78, 5) is 0.392. The number of alkyl halides is 1. The molecule has 0 N–H and O–H groups in total. The normalized spacial score (nSPS) is 20.1. The van der Waals surface area contributed by atoms with E-state index in [2.05, 4.69) is 64.5 Å². The van der Waals surface area contributed by atoms with Crippen LogP contribution >= 0.6 is 15.9 Å². The quantitative estimate of drug-likeness (QED) is 0.736.